The van der Waals surface area contributed by atoms with Crippen molar-refractivity contribution in [2.45, 2.75) is 19.6 Å². The molecule has 2 aromatic heterocycles. The Balaban J connectivity index is 1.39. The summed E-state index contributed by atoms with van der Waals surface area (Å²) in [5.41, 5.74) is 3.94. The summed E-state index contributed by atoms with van der Waals surface area (Å²) in [4.78, 5) is 16.6. The van der Waals surface area contributed by atoms with E-state index in [1.54, 1.807) is 29.6 Å². The van der Waals surface area contributed by atoms with E-state index in [4.69, 9.17) is 0 Å². The standard InChI is InChI=1S/C22H21N5O/c28-22(21-13-25-27(16-21)14-18-6-2-1-3-7-18)24-12-19-8-4-5-9-20(19)15-26-11-10-23-17-26/h1-11,13,16-17H,12,14-15H2,(H,24,28). The minimum absolute atomic E-state index is 0.128. The second kappa shape index (κ2) is 8.35. The zero-order valence-corrected chi connectivity index (χ0v) is 15.4. The maximum Gasteiger partial charge on any atom is 0.254 e. The predicted octanol–water partition coefficient (Wildman–Crippen LogP) is 3.11. The van der Waals surface area contributed by atoms with Gasteiger partial charge in [-0.05, 0) is 16.7 Å². The molecule has 0 saturated carbocycles. The molecule has 0 saturated heterocycles. The lowest BCUT2D eigenvalue weighted by molar-refractivity contribution is 0.0950. The molecular weight excluding hydrogens is 350 g/mol. The van der Waals surface area contributed by atoms with Gasteiger partial charge in [-0.1, -0.05) is 54.6 Å². The molecule has 0 atom stereocenters. The van der Waals surface area contributed by atoms with Gasteiger partial charge in [-0.3, -0.25) is 9.48 Å². The van der Waals surface area contributed by atoms with Crippen LogP contribution in [0.1, 0.15) is 27.0 Å². The van der Waals surface area contributed by atoms with Crippen molar-refractivity contribution in [3.05, 3.63) is 108 Å². The van der Waals surface area contributed by atoms with Crippen molar-refractivity contribution in [1.29, 1.82) is 0 Å². The largest absolute Gasteiger partial charge is 0.348 e. The Bertz CT molecular complexity index is 1040. The van der Waals surface area contributed by atoms with E-state index in [2.05, 4.69) is 21.5 Å². The summed E-state index contributed by atoms with van der Waals surface area (Å²) in [6.07, 6.45) is 8.86. The van der Waals surface area contributed by atoms with Crippen molar-refractivity contribution < 1.29 is 4.79 Å². The van der Waals surface area contributed by atoms with Gasteiger partial charge < -0.3 is 9.88 Å². The quantitative estimate of drug-likeness (QED) is 0.543. The summed E-state index contributed by atoms with van der Waals surface area (Å²) in [5.74, 6) is -0.128. The molecule has 2 aromatic carbocycles. The molecule has 0 aliphatic rings. The number of nitrogens with one attached hydrogen (secondary N) is 1. The molecule has 6 nitrogen and oxygen atoms in total. The first-order chi connectivity index (χ1) is 13.8. The molecule has 0 bridgehead atoms. The van der Waals surface area contributed by atoms with Crippen LogP contribution in [-0.2, 0) is 19.6 Å². The molecule has 140 valence electrons. The van der Waals surface area contributed by atoms with Gasteiger partial charge in [-0.15, -0.1) is 0 Å². The molecule has 0 aliphatic carbocycles. The zero-order valence-electron chi connectivity index (χ0n) is 15.4. The van der Waals surface area contributed by atoms with Crippen LogP contribution < -0.4 is 5.32 Å². The highest BCUT2D eigenvalue weighted by Gasteiger charge is 2.10. The number of amides is 1. The second-order valence-corrected chi connectivity index (χ2v) is 6.60. The third-order valence-electron chi connectivity index (χ3n) is 4.55. The van der Waals surface area contributed by atoms with Crippen LogP contribution in [-0.4, -0.2) is 25.2 Å². The van der Waals surface area contributed by atoms with Gasteiger partial charge in [0.05, 0.1) is 24.6 Å². The van der Waals surface area contributed by atoms with Crippen LogP contribution in [0.15, 0.2) is 85.7 Å². The SMILES string of the molecule is O=C(NCc1ccccc1Cn1ccnc1)c1cnn(Cc2ccccc2)c1. The molecular formula is C22H21N5O. The van der Waals surface area contributed by atoms with E-state index in [1.165, 1.54) is 0 Å². The molecule has 0 radical (unpaired) electrons. The predicted molar refractivity (Wildman–Crippen MR) is 107 cm³/mol. The van der Waals surface area contributed by atoms with Gasteiger partial charge >= 0.3 is 0 Å². The third kappa shape index (κ3) is 4.35. The molecule has 0 spiro atoms. The summed E-state index contributed by atoms with van der Waals surface area (Å²) < 4.78 is 3.78. The highest BCUT2D eigenvalue weighted by Crippen LogP contribution is 2.11. The van der Waals surface area contributed by atoms with Crippen LogP contribution in [0, 0.1) is 0 Å². The summed E-state index contributed by atoms with van der Waals surface area (Å²) in [7, 11) is 0. The van der Waals surface area contributed by atoms with E-state index in [9.17, 15) is 4.79 Å². The van der Waals surface area contributed by atoms with Gasteiger partial charge in [0.1, 0.15) is 0 Å². The molecule has 6 heteroatoms. The minimum atomic E-state index is -0.128. The van der Waals surface area contributed by atoms with E-state index in [0.717, 1.165) is 23.2 Å². The van der Waals surface area contributed by atoms with Gasteiger partial charge in [0.15, 0.2) is 0 Å². The average Bonchev–Trinajstić information content (AvgIpc) is 3.40. The lowest BCUT2D eigenvalue weighted by Gasteiger charge is -2.11. The topological polar surface area (TPSA) is 64.7 Å². The van der Waals surface area contributed by atoms with E-state index in [0.29, 0.717) is 18.7 Å². The van der Waals surface area contributed by atoms with Crippen molar-refractivity contribution in [2.24, 2.45) is 0 Å². The highest BCUT2D eigenvalue weighted by atomic mass is 16.1. The molecule has 1 amide bonds. The summed E-state index contributed by atoms with van der Waals surface area (Å²) in [5, 5.41) is 7.30. The van der Waals surface area contributed by atoms with E-state index in [-0.39, 0.29) is 5.91 Å². The molecule has 0 fully saturated rings. The van der Waals surface area contributed by atoms with Crippen molar-refractivity contribution in [2.75, 3.05) is 0 Å². The van der Waals surface area contributed by atoms with Gasteiger partial charge in [-0.2, -0.15) is 5.10 Å². The molecule has 0 unspecified atom stereocenters. The Kier molecular flexibility index (Phi) is 5.29. The fourth-order valence-corrected chi connectivity index (χ4v) is 3.08. The lowest BCUT2D eigenvalue weighted by Crippen LogP contribution is -2.23. The van der Waals surface area contributed by atoms with Crippen LogP contribution in [0.25, 0.3) is 0 Å². The Labute approximate surface area is 163 Å². The molecule has 4 aromatic rings. The number of aromatic nitrogens is 4. The third-order valence-corrected chi connectivity index (χ3v) is 4.55. The number of imidazole rings is 1. The van der Waals surface area contributed by atoms with Crippen LogP contribution in [0.4, 0.5) is 0 Å². The van der Waals surface area contributed by atoms with Gasteiger partial charge in [0.25, 0.3) is 5.91 Å². The Morgan fingerprint density at radius 2 is 1.75 bits per heavy atom. The second-order valence-electron chi connectivity index (χ2n) is 6.60. The maximum atomic E-state index is 12.5. The van der Waals surface area contributed by atoms with Crippen LogP contribution in [0.3, 0.4) is 0 Å². The average molecular weight is 371 g/mol. The lowest BCUT2D eigenvalue weighted by atomic mass is 10.1. The van der Waals surface area contributed by atoms with E-state index < -0.39 is 0 Å². The zero-order chi connectivity index (χ0) is 19.2. The molecule has 2 heterocycles. The summed E-state index contributed by atoms with van der Waals surface area (Å²) in [6, 6.07) is 18.1. The number of benzene rings is 2. The molecule has 1 N–H and O–H groups in total. The molecule has 0 aliphatic heterocycles. The van der Waals surface area contributed by atoms with Crippen LogP contribution in [0.5, 0.6) is 0 Å². The number of nitrogens with zero attached hydrogens (tertiary/aromatic N) is 4. The highest BCUT2D eigenvalue weighted by molar-refractivity contribution is 5.93. The first-order valence-electron chi connectivity index (χ1n) is 9.15. The molecule has 4 rings (SSSR count). The van der Waals surface area contributed by atoms with Crippen molar-refractivity contribution in [1.82, 2.24) is 24.6 Å². The first-order valence-corrected chi connectivity index (χ1v) is 9.15. The van der Waals surface area contributed by atoms with Crippen LogP contribution >= 0.6 is 0 Å². The fraction of sp³-hybridized carbons (Fsp3) is 0.136. The Hall–Kier alpha value is -3.67. The van der Waals surface area contributed by atoms with Gasteiger partial charge in [0.2, 0.25) is 0 Å². The van der Waals surface area contributed by atoms with E-state index in [1.807, 2.05) is 59.3 Å². The maximum absolute atomic E-state index is 12.5. The number of hydrogen-bond acceptors (Lipinski definition) is 3. The first kappa shape index (κ1) is 17.7. The summed E-state index contributed by atoms with van der Waals surface area (Å²) in [6.45, 7) is 1.83. The normalized spacial score (nSPS) is 10.7. The Morgan fingerprint density at radius 3 is 2.54 bits per heavy atom. The number of carbonyl (C=O) groups is 1. The van der Waals surface area contributed by atoms with Crippen molar-refractivity contribution in [3.63, 3.8) is 0 Å². The van der Waals surface area contributed by atoms with Crippen molar-refractivity contribution >= 4 is 5.91 Å². The molecule has 28 heavy (non-hydrogen) atoms. The van der Waals surface area contributed by atoms with Crippen molar-refractivity contribution in [3.8, 4) is 0 Å². The number of hydrogen-bond donors (Lipinski definition) is 1. The van der Waals surface area contributed by atoms with E-state index >= 15 is 0 Å². The van der Waals surface area contributed by atoms with Crippen LogP contribution in [0.2, 0.25) is 0 Å². The minimum Gasteiger partial charge on any atom is -0.348 e. The number of carbonyl (C=O) groups excluding carboxylic acids is 1. The van der Waals surface area contributed by atoms with Gasteiger partial charge in [-0.25, -0.2) is 4.98 Å². The summed E-state index contributed by atoms with van der Waals surface area (Å²) >= 11 is 0. The number of rotatable bonds is 7. The smallest absolute Gasteiger partial charge is 0.254 e. The Morgan fingerprint density at radius 1 is 0.964 bits per heavy atom. The monoisotopic (exact) mass is 371 g/mol. The fourth-order valence-electron chi connectivity index (χ4n) is 3.08. The van der Waals surface area contributed by atoms with Gasteiger partial charge in [0, 0.05) is 31.7 Å².